The van der Waals surface area contributed by atoms with E-state index in [9.17, 15) is 4.79 Å². The van der Waals surface area contributed by atoms with Crippen molar-refractivity contribution in [1.82, 2.24) is 15.6 Å². The highest BCUT2D eigenvalue weighted by molar-refractivity contribution is 6.06. The fourth-order valence-corrected chi connectivity index (χ4v) is 2.06. The standard InChI is InChI=1S/C13H12N4O/c1-14-13-16-11(12(18)17-13)9-4-5-10-8(7-9)3-2-6-15-10/h2-7,11H,1H3,(H2,14,16,17,18). The van der Waals surface area contributed by atoms with Gasteiger partial charge in [0.1, 0.15) is 6.04 Å². The van der Waals surface area contributed by atoms with Crippen LogP contribution in [-0.4, -0.2) is 23.9 Å². The number of rotatable bonds is 1. The molecule has 5 nitrogen and oxygen atoms in total. The van der Waals surface area contributed by atoms with Gasteiger partial charge in [0, 0.05) is 18.6 Å². The summed E-state index contributed by atoms with van der Waals surface area (Å²) in [6, 6.07) is 9.28. The molecule has 0 aliphatic carbocycles. The molecule has 0 spiro atoms. The molecule has 0 radical (unpaired) electrons. The smallest absolute Gasteiger partial charge is 0.253 e. The third kappa shape index (κ3) is 1.69. The number of nitrogens with one attached hydrogen (secondary N) is 2. The highest BCUT2D eigenvalue weighted by atomic mass is 16.2. The summed E-state index contributed by atoms with van der Waals surface area (Å²) in [5.74, 6) is 0.426. The van der Waals surface area contributed by atoms with Crippen molar-refractivity contribution in [2.24, 2.45) is 4.99 Å². The molecular weight excluding hydrogens is 228 g/mol. The number of hydrogen-bond donors (Lipinski definition) is 2. The van der Waals surface area contributed by atoms with E-state index < -0.39 is 0 Å². The van der Waals surface area contributed by atoms with Crippen molar-refractivity contribution in [2.75, 3.05) is 7.05 Å². The van der Waals surface area contributed by atoms with E-state index in [1.165, 1.54) is 0 Å². The Hall–Kier alpha value is -2.43. The number of hydrogen-bond acceptors (Lipinski definition) is 3. The molecule has 1 aromatic carbocycles. The average Bonchev–Trinajstić information content (AvgIpc) is 2.79. The van der Waals surface area contributed by atoms with Crippen LogP contribution < -0.4 is 10.6 Å². The van der Waals surface area contributed by atoms with Crippen LogP contribution in [0.25, 0.3) is 10.9 Å². The summed E-state index contributed by atoms with van der Waals surface area (Å²) in [5.41, 5.74) is 1.83. The van der Waals surface area contributed by atoms with Crippen LogP contribution in [0.5, 0.6) is 0 Å². The van der Waals surface area contributed by atoms with Gasteiger partial charge in [0.2, 0.25) is 0 Å². The predicted octanol–water partition coefficient (Wildman–Crippen LogP) is 0.981. The molecule has 3 rings (SSSR count). The van der Waals surface area contributed by atoms with Gasteiger partial charge in [0.15, 0.2) is 5.96 Å². The molecule has 5 heteroatoms. The summed E-state index contributed by atoms with van der Waals surface area (Å²) < 4.78 is 0. The number of benzene rings is 1. The molecule has 1 aliphatic rings. The van der Waals surface area contributed by atoms with E-state index in [1.807, 2.05) is 30.3 Å². The van der Waals surface area contributed by atoms with E-state index in [0.29, 0.717) is 5.96 Å². The van der Waals surface area contributed by atoms with Crippen LogP contribution in [0.3, 0.4) is 0 Å². The molecule has 1 amide bonds. The second-order valence-electron chi connectivity index (χ2n) is 4.09. The average molecular weight is 240 g/mol. The Balaban J connectivity index is 2.02. The molecule has 1 atom stereocenters. The van der Waals surface area contributed by atoms with Gasteiger partial charge in [-0.1, -0.05) is 12.1 Å². The van der Waals surface area contributed by atoms with Gasteiger partial charge in [-0.25, -0.2) is 0 Å². The van der Waals surface area contributed by atoms with Gasteiger partial charge in [-0.05, 0) is 23.8 Å². The largest absolute Gasteiger partial charge is 0.340 e. The SMILES string of the molecule is CN=C1NC(=O)C(c2ccc3ncccc3c2)N1. The normalized spacial score (nSPS) is 21.1. The maximum absolute atomic E-state index is 11.8. The van der Waals surface area contributed by atoms with Gasteiger partial charge in [0.25, 0.3) is 5.91 Å². The number of amides is 1. The third-order valence-corrected chi connectivity index (χ3v) is 2.97. The zero-order valence-corrected chi connectivity index (χ0v) is 9.84. The van der Waals surface area contributed by atoms with Crippen molar-refractivity contribution < 1.29 is 4.79 Å². The predicted molar refractivity (Wildman–Crippen MR) is 69.1 cm³/mol. The number of guanidine groups is 1. The lowest BCUT2D eigenvalue weighted by Crippen LogP contribution is -2.24. The van der Waals surface area contributed by atoms with Crippen LogP contribution in [0, 0.1) is 0 Å². The topological polar surface area (TPSA) is 66.4 Å². The van der Waals surface area contributed by atoms with E-state index in [4.69, 9.17) is 0 Å². The number of fused-ring (bicyclic) bond motifs is 1. The first kappa shape index (κ1) is 10.7. The van der Waals surface area contributed by atoms with Gasteiger partial charge in [0.05, 0.1) is 5.52 Å². The first-order valence-electron chi connectivity index (χ1n) is 5.67. The van der Waals surface area contributed by atoms with Crippen molar-refractivity contribution in [3.8, 4) is 0 Å². The summed E-state index contributed by atoms with van der Waals surface area (Å²) in [5, 5.41) is 6.74. The highest BCUT2D eigenvalue weighted by Crippen LogP contribution is 2.21. The lowest BCUT2D eigenvalue weighted by atomic mass is 10.0. The lowest BCUT2D eigenvalue weighted by molar-refractivity contribution is -0.120. The molecule has 1 fully saturated rings. The fraction of sp³-hybridized carbons (Fsp3) is 0.154. The fourth-order valence-electron chi connectivity index (χ4n) is 2.06. The number of pyridine rings is 1. The molecule has 1 aromatic heterocycles. The molecule has 90 valence electrons. The van der Waals surface area contributed by atoms with E-state index in [0.717, 1.165) is 16.5 Å². The Morgan fingerprint density at radius 1 is 1.33 bits per heavy atom. The monoisotopic (exact) mass is 240 g/mol. The number of aliphatic imine (C=N–C) groups is 1. The molecule has 1 saturated heterocycles. The van der Waals surface area contributed by atoms with Crippen LogP contribution in [0.4, 0.5) is 0 Å². The quantitative estimate of drug-likeness (QED) is 0.781. The summed E-state index contributed by atoms with van der Waals surface area (Å²) in [6.07, 6.45) is 1.75. The number of carbonyl (C=O) groups is 1. The van der Waals surface area contributed by atoms with E-state index >= 15 is 0 Å². The first-order valence-corrected chi connectivity index (χ1v) is 5.67. The Morgan fingerprint density at radius 2 is 2.22 bits per heavy atom. The van der Waals surface area contributed by atoms with E-state index in [1.54, 1.807) is 13.2 Å². The van der Waals surface area contributed by atoms with Crippen LogP contribution in [0.15, 0.2) is 41.5 Å². The maximum Gasteiger partial charge on any atom is 0.253 e. The van der Waals surface area contributed by atoms with Gasteiger partial charge >= 0.3 is 0 Å². The zero-order chi connectivity index (χ0) is 12.5. The number of nitrogens with zero attached hydrogens (tertiary/aromatic N) is 2. The summed E-state index contributed by atoms with van der Waals surface area (Å²) in [7, 11) is 1.63. The third-order valence-electron chi connectivity index (χ3n) is 2.97. The van der Waals surface area contributed by atoms with Crippen LogP contribution in [0.2, 0.25) is 0 Å². The maximum atomic E-state index is 11.8. The van der Waals surface area contributed by atoms with Crippen LogP contribution in [-0.2, 0) is 4.79 Å². The molecule has 0 saturated carbocycles. The molecule has 2 aromatic rings. The van der Waals surface area contributed by atoms with Crippen molar-refractivity contribution in [2.45, 2.75) is 6.04 Å². The Labute approximate surface area is 104 Å². The van der Waals surface area contributed by atoms with Gasteiger partial charge in [-0.3, -0.25) is 20.1 Å². The molecule has 0 bridgehead atoms. The Bertz CT molecular complexity index is 650. The molecule has 1 unspecified atom stereocenters. The van der Waals surface area contributed by atoms with Crippen molar-refractivity contribution >= 4 is 22.8 Å². The van der Waals surface area contributed by atoms with Gasteiger partial charge in [-0.15, -0.1) is 0 Å². The lowest BCUT2D eigenvalue weighted by Gasteiger charge is -2.08. The zero-order valence-electron chi connectivity index (χ0n) is 9.84. The van der Waals surface area contributed by atoms with E-state index in [2.05, 4.69) is 20.6 Å². The molecule has 2 N–H and O–H groups in total. The van der Waals surface area contributed by atoms with Crippen molar-refractivity contribution in [1.29, 1.82) is 0 Å². The van der Waals surface area contributed by atoms with Crippen molar-refractivity contribution in [3.63, 3.8) is 0 Å². The minimum atomic E-state index is -0.381. The van der Waals surface area contributed by atoms with Gasteiger partial charge in [-0.2, -0.15) is 0 Å². The molecule has 18 heavy (non-hydrogen) atoms. The summed E-state index contributed by atoms with van der Waals surface area (Å²) in [6.45, 7) is 0. The summed E-state index contributed by atoms with van der Waals surface area (Å²) in [4.78, 5) is 20.0. The number of aromatic nitrogens is 1. The number of carbonyl (C=O) groups excluding carboxylic acids is 1. The minimum absolute atomic E-state index is 0.0844. The van der Waals surface area contributed by atoms with Gasteiger partial charge < -0.3 is 5.32 Å². The van der Waals surface area contributed by atoms with Crippen LogP contribution in [0.1, 0.15) is 11.6 Å². The second-order valence-corrected chi connectivity index (χ2v) is 4.09. The summed E-state index contributed by atoms with van der Waals surface area (Å²) >= 11 is 0. The highest BCUT2D eigenvalue weighted by Gasteiger charge is 2.29. The minimum Gasteiger partial charge on any atom is -0.340 e. The Morgan fingerprint density at radius 3 is 3.00 bits per heavy atom. The molecular formula is C13H12N4O. The van der Waals surface area contributed by atoms with Crippen molar-refractivity contribution in [3.05, 3.63) is 42.1 Å². The Kier molecular flexibility index (Phi) is 2.44. The first-order chi connectivity index (χ1) is 8.78. The van der Waals surface area contributed by atoms with Crippen LogP contribution >= 0.6 is 0 Å². The molecule has 2 heterocycles. The molecule has 1 aliphatic heterocycles. The van der Waals surface area contributed by atoms with E-state index in [-0.39, 0.29) is 11.9 Å². The second kappa shape index (κ2) is 4.10.